The molecule has 1 saturated heterocycles. The third-order valence-electron chi connectivity index (χ3n) is 3.92. The second-order valence-corrected chi connectivity index (χ2v) is 6.52. The van der Waals surface area contributed by atoms with Gasteiger partial charge < -0.3 is 15.1 Å². The zero-order valence-electron chi connectivity index (χ0n) is 12.9. The molecule has 0 saturated carbocycles. The van der Waals surface area contributed by atoms with Gasteiger partial charge in [-0.1, -0.05) is 11.6 Å². The van der Waals surface area contributed by atoms with E-state index in [1.165, 1.54) is 0 Å². The molecule has 116 valence electrons. The molecule has 1 amide bonds. The number of carbonyl (C=O) groups is 1. The molecule has 5 nitrogen and oxygen atoms in total. The highest BCUT2D eigenvalue weighted by Gasteiger charge is 2.36. The Kier molecular flexibility index (Phi) is 5.19. The summed E-state index contributed by atoms with van der Waals surface area (Å²) in [6.45, 7) is 2.77. The molecule has 0 atom stereocenters. The van der Waals surface area contributed by atoms with Crippen LogP contribution < -0.4 is 5.32 Å². The van der Waals surface area contributed by atoms with Gasteiger partial charge in [0.25, 0.3) is 5.91 Å². The number of hydrogen-bond acceptors (Lipinski definition) is 4. The first kappa shape index (κ1) is 16.2. The van der Waals surface area contributed by atoms with Gasteiger partial charge in [0.15, 0.2) is 0 Å². The molecule has 1 aromatic heterocycles. The summed E-state index contributed by atoms with van der Waals surface area (Å²) in [5, 5.41) is 3.58. The zero-order chi connectivity index (χ0) is 15.5. The van der Waals surface area contributed by atoms with Crippen LogP contribution in [0.25, 0.3) is 0 Å². The van der Waals surface area contributed by atoms with Crippen LogP contribution >= 0.6 is 11.6 Å². The number of likely N-dealkylation sites (tertiary alicyclic amines) is 1. The molecule has 1 aliphatic heterocycles. The van der Waals surface area contributed by atoms with Gasteiger partial charge >= 0.3 is 0 Å². The molecule has 0 aliphatic carbocycles. The second-order valence-electron chi connectivity index (χ2n) is 6.11. The first-order valence-electron chi connectivity index (χ1n) is 7.18. The number of halogens is 1. The number of aromatic nitrogens is 1. The Bertz CT molecular complexity index is 498. The van der Waals surface area contributed by atoms with Crippen molar-refractivity contribution in [1.29, 1.82) is 0 Å². The molecule has 1 aliphatic rings. The predicted octanol–water partition coefficient (Wildman–Crippen LogP) is 1.49. The number of piperidine rings is 1. The summed E-state index contributed by atoms with van der Waals surface area (Å²) in [5.41, 5.74) is 0.0877. The van der Waals surface area contributed by atoms with Gasteiger partial charge in [-0.15, -0.1) is 0 Å². The summed E-state index contributed by atoms with van der Waals surface area (Å²) in [7, 11) is 6.16. The van der Waals surface area contributed by atoms with Crippen LogP contribution in [0.15, 0.2) is 18.3 Å². The fourth-order valence-electron chi connectivity index (χ4n) is 2.83. The molecular weight excluding hydrogens is 288 g/mol. The van der Waals surface area contributed by atoms with Crippen molar-refractivity contribution in [2.75, 3.05) is 40.8 Å². The van der Waals surface area contributed by atoms with Crippen LogP contribution in [0, 0.1) is 0 Å². The van der Waals surface area contributed by atoms with Gasteiger partial charge in [0, 0.05) is 25.8 Å². The number of amides is 1. The minimum absolute atomic E-state index is 0.188. The van der Waals surface area contributed by atoms with Gasteiger partial charge in [-0.2, -0.15) is 0 Å². The van der Waals surface area contributed by atoms with Crippen molar-refractivity contribution in [1.82, 2.24) is 20.1 Å². The molecule has 21 heavy (non-hydrogen) atoms. The van der Waals surface area contributed by atoms with Gasteiger partial charge in [-0.25, -0.2) is 4.98 Å². The average Bonchev–Trinajstić information content (AvgIpc) is 2.42. The summed E-state index contributed by atoms with van der Waals surface area (Å²) in [6.07, 6.45) is 3.45. The summed E-state index contributed by atoms with van der Waals surface area (Å²) >= 11 is 6.07. The molecular formula is C15H23ClN4O. The molecule has 1 N–H and O–H groups in total. The molecule has 1 aromatic rings. The molecule has 0 spiro atoms. The largest absolute Gasteiger partial charge is 0.344 e. The highest BCUT2D eigenvalue weighted by atomic mass is 35.5. The van der Waals surface area contributed by atoms with E-state index in [9.17, 15) is 4.79 Å². The maximum atomic E-state index is 12.5. The van der Waals surface area contributed by atoms with Crippen LogP contribution in [0.5, 0.6) is 0 Å². The lowest BCUT2D eigenvalue weighted by Gasteiger charge is -2.42. The van der Waals surface area contributed by atoms with Crippen LogP contribution in [0.2, 0.25) is 5.02 Å². The molecule has 0 unspecified atom stereocenters. The highest BCUT2D eigenvalue weighted by molar-refractivity contribution is 6.33. The quantitative estimate of drug-likeness (QED) is 0.915. The number of carbonyl (C=O) groups excluding carboxylic acids is 1. The topological polar surface area (TPSA) is 48.5 Å². The normalized spacial score (nSPS) is 18.7. The van der Waals surface area contributed by atoms with Crippen molar-refractivity contribution in [2.45, 2.75) is 18.4 Å². The minimum atomic E-state index is -0.214. The van der Waals surface area contributed by atoms with Crippen LogP contribution in [-0.4, -0.2) is 67.0 Å². The van der Waals surface area contributed by atoms with Gasteiger partial charge in [0.05, 0.1) is 10.6 Å². The van der Waals surface area contributed by atoms with Gasteiger partial charge in [-0.05, 0) is 46.1 Å². The summed E-state index contributed by atoms with van der Waals surface area (Å²) in [6, 6.07) is 3.42. The smallest absolute Gasteiger partial charge is 0.271 e. The maximum absolute atomic E-state index is 12.5. The summed E-state index contributed by atoms with van der Waals surface area (Å²) in [4.78, 5) is 21.0. The molecule has 0 bridgehead atoms. The predicted molar refractivity (Wildman–Crippen MR) is 84.7 cm³/mol. The Hall–Kier alpha value is -1.17. The van der Waals surface area contributed by atoms with E-state index in [1.807, 2.05) is 14.1 Å². The fraction of sp³-hybridized carbons (Fsp3) is 0.600. The number of nitrogens with one attached hydrogen (secondary N) is 1. The number of rotatable bonds is 4. The monoisotopic (exact) mass is 310 g/mol. The highest BCUT2D eigenvalue weighted by Crippen LogP contribution is 2.24. The Morgan fingerprint density at radius 1 is 1.48 bits per heavy atom. The van der Waals surface area contributed by atoms with E-state index < -0.39 is 0 Å². The van der Waals surface area contributed by atoms with Crippen LogP contribution in [0.1, 0.15) is 23.3 Å². The Morgan fingerprint density at radius 3 is 2.71 bits per heavy atom. The lowest BCUT2D eigenvalue weighted by Crippen LogP contribution is -2.59. The van der Waals surface area contributed by atoms with Gasteiger partial charge in [0.2, 0.25) is 0 Å². The van der Waals surface area contributed by atoms with E-state index in [0.717, 1.165) is 32.5 Å². The molecule has 6 heteroatoms. The molecule has 2 heterocycles. The SMILES string of the molecule is CN(C)CC1(NC(=O)c2ncccc2Cl)CCN(C)CC1. The van der Waals surface area contributed by atoms with Crippen molar-refractivity contribution in [3.05, 3.63) is 29.0 Å². The van der Waals surface area contributed by atoms with Gasteiger partial charge in [0.1, 0.15) is 5.69 Å². The lowest BCUT2D eigenvalue weighted by molar-refractivity contribution is 0.0775. The molecule has 2 rings (SSSR count). The number of likely N-dealkylation sites (N-methyl/N-ethyl adjacent to an activating group) is 1. The van der Waals surface area contributed by atoms with Crippen molar-refractivity contribution in [3.63, 3.8) is 0 Å². The molecule has 1 fully saturated rings. The first-order chi connectivity index (χ1) is 9.92. The average molecular weight is 311 g/mol. The first-order valence-corrected chi connectivity index (χ1v) is 7.56. The number of nitrogens with zero attached hydrogens (tertiary/aromatic N) is 3. The third-order valence-corrected chi connectivity index (χ3v) is 4.22. The van der Waals surface area contributed by atoms with E-state index in [0.29, 0.717) is 10.7 Å². The second kappa shape index (κ2) is 6.73. The van der Waals surface area contributed by atoms with E-state index in [1.54, 1.807) is 18.3 Å². The maximum Gasteiger partial charge on any atom is 0.271 e. The van der Waals surface area contributed by atoms with E-state index in [4.69, 9.17) is 11.6 Å². The summed E-state index contributed by atoms with van der Waals surface area (Å²) in [5.74, 6) is -0.188. The molecule has 0 radical (unpaired) electrons. The van der Waals surface area contributed by atoms with E-state index in [2.05, 4.69) is 27.1 Å². The number of pyridine rings is 1. The number of hydrogen-bond donors (Lipinski definition) is 1. The standard InChI is InChI=1S/C15H23ClN4O/c1-19(2)11-15(6-9-20(3)10-7-15)18-14(21)13-12(16)5-4-8-17-13/h4-5,8H,6-7,9-11H2,1-3H3,(H,18,21). The van der Waals surface area contributed by atoms with Crippen molar-refractivity contribution in [3.8, 4) is 0 Å². The van der Waals surface area contributed by atoms with Gasteiger partial charge in [-0.3, -0.25) is 4.79 Å². The minimum Gasteiger partial charge on any atom is -0.344 e. The summed E-state index contributed by atoms with van der Waals surface area (Å²) < 4.78 is 0. The lowest BCUT2D eigenvalue weighted by atomic mass is 9.86. The van der Waals surface area contributed by atoms with E-state index in [-0.39, 0.29) is 11.4 Å². The molecule has 0 aromatic carbocycles. The third kappa shape index (κ3) is 4.15. The van der Waals surface area contributed by atoms with Crippen LogP contribution in [-0.2, 0) is 0 Å². The van der Waals surface area contributed by atoms with E-state index >= 15 is 0 Å². The van der Waals surface area contributed by atoms with Crippen LogP contribution in [0.4, 0.5) is 0 Å². The Labute approximate surface area is 131 Å². The van der Waals surface area contributed by atoms with Crippen LogP contribution in [0.3, 0.4) is 0 Å². The zero-order valence-corrected chi connectivity index (χ0v) is 13.7. The van der Waals surface area contributed by atoms with Crippen molar-refractivity contribution < 1.29 is 4.79 Å². The Morgan fingerprint density at radius 2 is 2.14 bits per heavy atom. The Balaban J connectivity index is 2.15. The van der Waals surface area contributed by atoms with Crippen molar-refractivity contribution in [2.24, 2.45) is 0 Å². The van der Waals surface area contributed by atoms with Crippen molar-refractivity contribution >= 4 is 17.5 Å². The fourth-order valence-corrected chi connectivity index (χ4v) is 3.03.